The van der Waals surface area contributed by atoms with E-state index >= 15 is 0 Å². The van der Waals surface area contributed by atoms with Gasteiger partial charge in [-0.25, -0.2) is 0 Å². The van der Waals surface area contributed by atoms with Gasteiger partial charge in [0.2, 0.25) is 0 Å². The number of anilines is 1. The smallest absolute Gasteiger partial charge is 0.416 e. The first kappa shape index (κ1) is 16.9. The molecule has 8 heteroatoms. The molecule has 1 aliphatic rings. The Morgan fingerprint density at radius 3 is 2.43 bits per heavy atom. The number of alkyl halides is 3. The second-order valence-corrected chi connectivity index (χ2v) is 5.00. The van der Waals surface area contributed by atoms with Crippen molar-refractivity contribution < 1.29 is 23.1 Å². The third-order valence-corrected chi connectivity index (χ3v) is 3.19. The van der Waals surface area contributed by atoms with Crippen LogP contribution in [0.25, 0.3) is 0 Å². The van der Waals surface area contributed by atoms with Gasteiger partial charge in [-0.1, -0.05) is 0 Å². The molecule has 0 bridgehead atoms. The van der Waals surface area contributed by atoms with E-state index in [0.29, 0.717) is 13.1 Å². The van der Waals surface area contributed by atoms with Gasteiger partial charge in [-0.2, -0.15) is 13.2 Å². The van der Waals surface area contributed by atoms with Crippen molar-refractivity contribution in [2.75, 3.05) is 18.4 Å². The number of nitrogens with one attached hydrogen (secondary N) is 2. The Labute approximate surface area is 130 Å². The lowest BCUT2D eigenvalue weighted by molar-refractivity contribution is -0.137. The fourth-order valence-electron chi connectivity index (χ4n) is 2.08. The standard InChI is InChI=1S/C15H16F3N3O2/c1-9(22)12(13-19-7-2-8-20-13)14(23)21-11-5-3-10(4-6-11)15(16,17)18/h3-6,22H,2,7-8H2,1H3,(H,19,20)(H,21,23)/b12-9-. The normalized spacial score (nSPS) is 16.1. The molecule has 0 aliphatic carbocycles. The van der Waals surface area contributed by atoms with Crippen molar-refractivity contribution in [2.45, 2.75) is 19.5 Å². The molecule has 23 heavy (non-hydrogen) atoms. The van der Waals surface area contributed by atoms with E-state index in [1.165, 1.54) is 6.92 Å². The fourth-order valence-corrected chi connectivity index (χ4v) is 2.08. The summed E-state index contributed by atoms with van der Waals surface area (Å²) in [6, 6.07) is 4.06. The highest BCUT2D eigenvalue weighted by molar-refractivity contribution is 6.25. The summed E-state index contributed by atoms with van der Waals surface area (Å²) in [5, 5.41) is 15.1. The van der Waals surface area contributed by atoms with Crippen molar-refractivity contribution in [3.63, 3.8) is 0 Å². The van der Waals surface area contributed by atoms with Crippen LogP contribution in [0.4, 0.5) is 18.9 Å². The summed E-state index contributed by atoms with van der Waals surface area (Å²) in [4.78, 5) is 16.4. The molecule has 5 nitrogen and oxygen atoms in total. The topological polar surface area (TPSA) is 73.7 Å². The maximum absolute atomic E-state index is 12.5. The highest BCUT2D eigenvalue weighted by Crippen LogP contribution is 2.29. The third-order valence-electron chi connectivity index (χ3n) is 3.19. The number of hydrogen-bond donors (Lipinski definition) is 3. The molecule has 0 saturated carbocycles. The van der Waals surface area contributed by atoms with Crippen LogP contribution >= 0.6 is 0 Å². The maximum atomic E-state index is 12.5. The zero-order valence-electron chi connectivity index (χ0n) is 12.4. The number of amidine groups is 1. The predicted molar refractivity (Wildman–Crippen MR) is 80.3 cm³/mol. The van der Waals surface area contributed by atoms with E-state index in [-0.39, 0.29) is 22.9 Å². The van der Waals surface area contributed by atoms with E-state index in [0.717, 1.165) is 30.7 Å². The number of benzene rings is 1. The van der Waals surface area contributed by atoms with E-state index in [4.69, 9.17) is 0 Å². The Morgan fingerprint density at radius 1 is 1.30 bits per heavy atom. The Kier molecular flexibility index (Phi) is 4.92. The monoisotopic (exact) mass is 327 g/mol. The van der Waals surface area contributed by atoms with Crippen LogP contribution in [0.5, 0.6) is 0 Å². The van der Waals surface area contributed by atoms with Crippen LogP contribution in [-0.4, -0.2) is 29.9 Å². The molecule has 124 valence electrons. The molecule has 0 atom stereocenters. The molecule has 3 N–H and O–H groups in total. The number of aliphatic hydroxyl groups is 1. The fraction of sp³-hybridized carbons (Fsp3) is 0.333. The van der Waals surface area contributed by atoms with Crippen molar-refractivity contribution in [1.82, 2.24) is 5.32 Å². The van der Waals surface area contributed by atoms with E-state index in [1.807, 2.05) is 0 Å². The molecular formula is C15H16F3N3O2. The molecule has 1 heterocycles. The summed E-state index contributed by atoms with van der Waals surface area (Å²) in [5.74, 6) is -0.582. The minimum atomic E-state index is -4.43. The van der Waals surface area contributed by atoms with Gasteiger partial charge in [0.25, 0.3) is 5.91 Å². The first-order chi connectivity index (χ1) is 10.8. The van der Waals surface area contributed by atoms with Crippen molar-refractivity contribution in [2.24, 2.45) is 4.99 Å². The summed E-state index contributed by atoms with van der Waals surface area (Å²) >= 11 is 0. The SMILES string of the molecule is C/C(O)=C(/C(=O)Nc1ccc(C(F)(F)F)cc1)C1=NCCCN1. The van der Waals surface area contributed by atoms with E-state index in [9.17, 15) is 23.1 Å². The molecule has 1 aliphatic heterocycles. The summed E-state index contributed by atoms with van der Waals surface area (Å²) in [6.07, 6.45) is -3.61. The van der Waals surface area contributed by atoms with E-state index in [1.54, 1.807) is 0 Å². The van der Waals surface area contributed by atoms with Gasteiger partial charge in [-0.15, -0.1) is 0 Å². The summed E-state index contributed by atoms with van der Waals surface area (Å²) in [6.45, 7) is 2.51. The van der Waals surface area contributed by atoms with Crippen LogP contribution in [0.2, 0.25) is 0 Å². The first-order valence-corrected chi connectivity index (χ1v) is 6.96. The molecule has 1 aromatic rings. The van der Waals surface area contributed by atoms with Gasteiger partial charge >= 0.3 is 6.18 Å². The molecule has 1 amide bonds. The molecule has 0 radical (unpaired) electrons. The average molecular weight is 327 g/mol. The van der Waals surface area contributed by atoms with Crippen molar-refractivity contribution in [3.8, 4) is 0 Å². The number of rotatable bonds is 3. The van der Waals surface area contributed by atoms with Crippen LogP contribution in [0, 0.1) is 0 Å². The number of carbonyl (C=O) groups is 1. The quantitative estimate of drug-likeness (QED) is 0.590. The highest BCUT2D eigenvalue weighted by Gasteiger charge is 2.30. The third kappa shape index (κ3) is 4.24. The van der Waals surface area contributed by atoms with Gasteiger partial charge < -0.3 is 15.7 Å². The lowest BCUT2D eigenvalue weighted by Crippen LogP contribution is -2.36. The maximum Gasteiger partial charge on any atom is 0.416 e. The lowest BCUT2D eigenvalue weighted by atomic mass is 10.1. The highest BCUT2D eigenvalue weighted by atomic mass is 19.4. The number of aliphatic imine (C=N–C) groups is 1. The zero-order chi connectivity index (χ0) is 17.0. The first-order valence-electron chi connectivity index (χ1n) is 6.96. The summed E-state index contributed by atoms with van der Waals surface area (Å²) in [7, 11) is 0. The number of halogens is 3. The molecular weight excluding hydrogens is 311 g/mol. The number of hydrogen-bond acceptors (Lipinski definition) is 4. The molecule has 0 saturated heterocycles. The van der Waals surface area contributed by atoms with Crippen molar-refractivity contribution in [1.29, 1.82) is 0 Å². The van der Waals surface area contributed by atoms with Crippen LogP contribution in [0.15, 0.2) is 40.6 Å². The summed E-state index contributed by atoms with van der Waals surface area (Å²) in [5.41, 5.74) is -0.634. The van der Waals surface area contributed by atoms with Crippen LogP contribution in [-0.2, 0) is 11.0 Å². The minimum Gasteiger partial charge on any atom is -0.512 e. The average Bonchev–Trinajstić information content (AvgIpc) is 2.47. The second kappa shape index (κ2) is 6.72. The lowest BCUT2D eigenvalue weighted by Gasteiger charge is -2.17. The number of nitrogens with zero attached hydrogens (tertiary/aromatic N) is 1. The molecule has 0 unspecified atom stereocenters. The number of allylic oxidation sites excluding steroid dienone is 1. The van der Waals surface area contributed by atoms with Crippen LogP contribution < -0.4 is 10.6 Å². The largest absolute Gasteiger partial charge is 0.512 e. The predicted octanol–water partition coefficient (Wildman–Crippen LogP) is 2.87. The molecule has 2 rings (SSSR count). The van der Waals surface area contributed by atoms with Crippen molar-refractivity contribution in [3.05, 3.63) is 41.2 Å². The van der Waals surface area contributed by atoms with E-state index < -0.39 is 17.6 Å². The minimum absolute atomic E-state index is 0.0235. The van der Waals surface area contributed by atoms with Gasteiger partial charge in [0.15, 0.2) is 0 Å². The molecule has 0 fully saturated rings. The van der Waals surface area contributed by atoms with Gasteiger partial charge in [-0.05, 0) is 37.6 Å². The van der Waals surface area contributed by atoms with Crippen LogP contribution in [0.3, 0.4) is 0 Å². The molecule has 0 spiro atoms. The van der Waals surface area contributed by atoms with E-state index in [2.05, 4.69) is 15.6 Å². The number of carbonyl (C=O) groups excluding carboxylic acids is 1. The van der Waals surface area contributed by atoms with Crippen molar-refractivity contribution >= 4 is 17.4 Å². The zero-order valence-corrected chi connectivity index (χ0v) is 12.4. The van der Waals surface area contributed by atoms with Crippen LogP contribution in [0.1, 0.15) is 18.9 Å². The Hall–Kier alpha value is -2.51. The second-order valence-electron chi connectivity index (χ2n) is 5.00. The Balaban J connectivity index is 2.16. The van der Waals surface area contributed by atoms with Gasteiger partial charge in [0.1, 0.15) is 17.2 Å². The number of aliphatic hydroxyl groups excluding tert-OH is 1. The molecule has 0 aromatic heterocycles. The Bertz CT molecular complexity index is 645. The number of amides is 1. The van der Waals surface area contributed by atoms with Gasteiger partial charge in [0, 0.05) is 18.8 Å². The summed E-state index contributed by atoms with van der Waals surface area (Å²) < 4.78 is 37.5. The molecule has 1 aromatic carbocycles. The Morgan fingerprint density at radius 2 is 1.96 bits per heavy atom. The van der Waals surface area contributed by atoms with Gasteiger partial charge in [-0.3, -0.25) is 9.79 Å². The van der Waals surface area contributed by atoms with Gasteiger partial charge in [0.05, 0.1) is 5.56 Å².